The van der Waals surface area contributed by atoms with E-state index in [4.69, 9.17) is 0 Å². The molecule has 18 heavy (non-hydrogen) atoms. The Kier molecular flexibility index (Phi) is 6.26. The molecule has 1 aromatic rings. The van der Waals surface area contributed by atoms with E-state index in [1.807, 2.05) is 6.92 Å². The first-order chi connectivity index (χ1) is 8.40. The number of hydrogen-bond donors (Lipinski definition) is 2. The van der Waals surface area contributed by atoms with Gasteiger partial charge in [-0.05, 0) is 37.5 Å². The molecular formula is C14H21BrFNO. The van der Waals surface area contributed by atoms with Crippen molar-refractivity contribution in [3.8, 4) is 0 Å². The molecule has 2 unspecified atom stereocenters. The van der Waals surface area contributed by atoms with Gasteiger partial charge in [-0.1, -0.05) is 29.8 Å². The highest BCUT2D eigenvalue weighted by Crippen LogP contribution is 2.21. The van der Waals surface area contributed by atoms with E-state index >= 15 is 0 Å². The minimum absolute atomic E-state index is 0.121. The van der Waals surface area contributed by atoms with Crippen molar-refractivity contribution in [2.45, 2.75) is 39.3 Å². The van der Waals surface area contributed by atoms with Gasteiger partial charge < -0.3 is 10.4 Å². The lowest BCUT2D eigenvalue weighted by atomic mass is 10.0. The number of aliphatic hydroxyl groups excluding tert-OH is 1. The van der Waals surface area contributed by atoms with Crippen LogP contribution < -0.4 is 5.32 Å². The molecule has 1 aromatic carbocycles. The number of benzene rings is 1. The number of rotatable bonds is 6. The number of halogens is 2. The Labute approximate surface area is 117 Å². The molecule has 1 rings (SSSR count). The van der Waals surface area contributed by atoms with Gasteiger partial charge in [0.05, 0.1) is 6.10 Å². The van der Waals surface area contributed by atoms with Crippen molar-refractivity contribution >= 4 is 15.9 Å². The predicted molar refractivity (Wildman–Crippen MR) is 76.0 cm³/mol. The summed E-state index contributed by atoms with van der Waals surface area (Å²) in [6.45, 7) is 6.51. The summed E-state index contributed by atoms with van der Waals surface area (Å²) in [6.07, 6.45) is 0.364. The van der Waals surface area contributed by atoms with Crippen molar-refractivity contribution < 1.29 is 9.50 Å². The summed E-state index contributed by atoms with van der Waals surface area (Å²) in [6, 6.07) is 4.77. The maximum Gasteiger partial charge on any atom is 0.128 e. The maximum absolute atomic E-state index is 13.6. The van der Waals surface area contributed by atoms with Crippen molar-refractivity contribution in [2.75, 3.05) is 6.54 Å². The topological polar surface area (TPSA) is 32.3 Å². The first-order valence-electron chi connectivity index (χ1n) is 6.26. The molecular weight excluding hydrogens is 297 g/mol. The van der Waals surface area contributed by atoms with Crippen molar-refractivity contribution in [1.29, 1.82) is 0 Å². The minimum atomic E-state index is -0.386. The summed E-state index contributed by atoms with van der Waals surface area (Å²) in [5.41, 5.74) is 0.612. The van der Waals surface area contributed by atoms with Crippen LogP contribution in [0, 0.1) is 11.7 Å². The molecule has 0 fully saturated rings. The second kappa shape index (κ2) is 7.22. The maximum atomic E-state index is 13.6. The molecule has 0 aliphatic heterocycles. The summed E-state index contributed by atoms with van der Waals surface area (Å²) >= 11 is 3.33. The monoisotopic (exact) mass is 317 g/mol. The molecule has 4 heteroatoms. The number of aliphatic hydroxyl groups is 1. The Bertz CT molecular complexity index is 384. The lowest BCUT2D eigenvalue weighted by Crippen LogP contribution is -2.30. The van der Waals surface area contributed by atoms with Crippen LogP contribution in [0.25, 0.3) is 0 Å². The van der Waals surface area contributed by atoms with Gasteiger partial charge in [0.2, 0.25) is 0 Å². The molecule has 0 spiro atoms. The van der Waals surface area contributed by atoms with Gasteiger partial charge in [0.15, 0.2) is 0 Å². The van der Waals surface area contributed by atoms with Gasteiger partial charge in [-0.2, -0.15) is 0 Å². The van der Waals surface area contributed by atoms with Crippen molar-refractivity contribution in [3.05, 3.63) is 34.1 Å². The molecule has 2 N–H and O–H groups in total. The molecule has 0 saturated heterocycles. The van der Waals surface area contributed by atoms with Crippen molar-refractivity contribution in [2.24, 2.45) is 5.92 Å². The highest BCUT2D eigenvalue weighted by Gasteiger charge is 2.13. The lowest BCUT2D eigenvalue weighted by molar-refractivity contribution is 0.143. The average Bonchev–Trinajstić information content (AvgIpc) is 2.28. The fourth-order valence-electron chi connectivity index (χ4n) is 1.90. The number of hydrogen-bond acceptors (Lipinski definition) is 2. The van der Waals surface area contributed by atoms with E-state index in [1.165, 1.54) is 6.07 Å². The van der Waals surface area contributed by atoms with E-state index in [-0.39, 0.29) is 18.0 Å². The highest BCUT2D eigenvalue weighted by molar-refractivity contribution is 9.10. The second-order valence-electron chi connectivity index (χ2n) is 5.08. The molecule has 0 bridgehead atoms. The Hall–Kier alpha value is -0.450. The van der Waals surface area contributed by atoms with Crippen molar-refractivity contribution in [3.63, 3.8) is 0 Å². The molecule has 0 heterocycles. The molecule has 0 aromatic heterocycles. The molecule has 0 saturated carbocycles. The Balaban J connectivity index is 2.54. The average molecular weight is 318 g/mol. The van der Waals surface area contributed by atoms with Gasteiger partial charge in [-0.3, -0.25) is 0 Å². The van der Waals surface area contributed by atoms with Gasteiger partial charge >= 0.3 is 0 Å². The van der Waals surface area contributed by atoms with Crippen LogP contribution in [-0.2, 0) is 0 Å². The van der Waals surface area contributed by atoms with Gasteiger partial charge in [0.25, 0.3) is 0 Å². The van der Waals surface area contributed by atoms with E-state index in [9.17, 15) is 9.50 Å². The smallest absolute Gasteiger partial charge is 0.128 e. The zero-order valence-electron chi connectivity index (χ0n) is 11.1. The van der Waals surface area contributed by atoms with Crippen LogP contribution in [0.5, 0.6) is 0 Å². The van der Waals surface area contributed by atoms with Crippen LogP contribution >= 0.6 is 15.9 Å². The molecule has 2 nitrogen and oxygen atoms in total. The zero-order chi connectivity index (χ0) is 13.7. The summed E-state index contributed by atoms with van der Waals surface area (Å²) in [7, 11) is 0. The molecule has 2 atom stereocenters. The van der Waals surface area contributed by atoms with Gasteiger partial charge in [0, 0.05) is 22.6 Å². The summed E-state index contributed by atoms with van der Waals surface area (Å²) in [5, 5.41) is 12.9. The lowest BCUT2D eigenvalue weighted by Gasteiger charge is -2.19. The SMILES string of the molecule is CC(C)CC(O)CNC(C)c1cc(Br)ccc1F. The van der Waals surface area contributed by atoms with Gasteiger partial charge in [-0.25, -0.2) is 4.39 Å². The van der Waals surface area contributed by atoms with Gasteiger partial charge in [0.1, 0.15) is 5.82 Å². The van der Waals surface area contributed by atoms with E-state index in [2.05, 4.69) is 35.1 Å². The van der Waals surface area contributed by atoms with Crippen molar-refractivity contribution in [1.82, 2.24) is 5.32 Å². The van der Waals surface area contributed by atoms with Crippen LogP contribution in [0.1, 0.15) is 38.8 Å². The largest absolute Gasteiger partial charge is 0.392 e. The highest BCUT2D eigenvalue weighted by atomic mass is 79.9. The van der Waals surface area contributed by atoms with Crippen LogP contribution in [0.2, 0.25) is 0 Å². The quantitative estimate of drug-likeness (QED) is 0.839. The van der Waals surface area contributed by atoms with E-state index in [0.717, 1.165) is 10.9 Å². The Morgan fingerprint density at radius 2 is 2.00 bits per heavy atom. The Morgan fingerprint density at radius 3 is 2.61 bits per heavy atom. The van der Waals surface area contributed by atoms with Crippen LogP contribution in [0.15, 0.2) is 22.7 Å². The first-order valence-corrected chi connectivity index (χ1v) is 7.05. The second-order valence-corrected chi connectivity index (χ2v) is 5.99. The molecule has 0 aliphatic carbocycles. The molecule has 0 aliphatic rings. The third kappa shape index (κ3) is 5.04. The van der Waals surface area contributed by atoms with Crippen LogP contribution in [-0.4, -0.2) is 17.8 Å². The summed E-state index contributed by atoms with van der Waals surface area (Å²) in [5.74, 6) is 0.233. The third-order valence-corrected chi connectivity index (χ3v) is 3.32. The standard InChI is InChI=1S/C14H21BrFNO/c1-9(2)6-12(18)8-17-10(3)13-7-11(15)4-5-14(13)16/h4-5,7,9-10,12,17-18H,6,8H2,1-3H3. The molecule has 0 amide bonds. The van der Waals surface area contributed by atoms with E-state index in [0.29, 0.717) is 18.0 Å². The zero-order valence-corrected chi connectivity index (χ0v) is 12.7. The minimum Gasteiger partial charge on any atom is -0.392 e. The Morgan fingerprint density at radius 1 is 1.33 bits per heavy atom. The predicted octanol–water partition coefficient (Wildman–Crippen LogP) is 3.65. The summed E-state index contributed by atoms with van der Waals surface area (Å²) in [4.78, 5) is 0. The molecule has 102 valence electrons. The van der Waals surface area contributed by atoms with E-state index in [1.54, 1.807) is 12.1 Å². The van der Waals surface area contributed by atoms with Crippen LogP contribution in [0.3, 0.4) is 0 Å². The fourth-order valence-corrected chi connectivity index (χ4v) is 2.28. The third-order valence-electron chi connectivity index (χ3n) is 2.83. The number of nitrogens with one attached hydrogen (secondary N) is 1. The first kappa shape index (κ1) is 15.6. The van der Waals surface area contributed by atoms with E-state index < -0.39 is 0 Å². The van der Waals surface area contributed by atoms with Crippen LogP contribution in [0.4, 0.5) is 4.39 Å². The summed E-state index contributed by atoms with van der Waals surface area (Å²) < 4.78 is 14.5. The fraction of sp³-hybridized carbons (Fsp3) is 0.571. The van der Waals surface area contributed by atoms with Gasteiger partial charge in [-0.15, -0.1) is 0 Å². The normalized spacial score (nSPS) is 14.8. The molecule has 0 radical (unpaired) electrons.